The smallest absolute Gasteiger partial charge is 0.308 e. The number of aromatic amines is 1. The maximum atomic E-state index is 13.8. The summed E-state index contributed by atoms with van der Waals surface area (Å²) in [6.07, 6.45) is 0. The maximum absolute atomic E-state index is 13.8. The van der Waals surface area contributed by atoms with Gasteiger partial charge in [0.15, 0.2) is 5.82 Å². The van der Waals surface area contributed by atoms with Crippen LogP contribution >= 0.6 is 11.8 Å². The normalized spacial score (nSPS) is 10.5. The third kappa shape index (κ3) is 4.95. The molecule has 3 rings (SSSR count). The van der Waals surface area contributed by atoms with Crippen LogP contribution in [0.25, 0.3) is 11.4 Å². The van der Waals surface area contributed by atoms with E-state index in [2.05, 4.69) is 25.8 Å². The van der Waals surface area contributed by atoms with E-state index < -0.39 is 17.8 Å². The molecule has 3 aromatic rings. The molecular formula is C19H18FN5O2S. The first-order valence-electron chi connectivity index (χ1n) is 8.40. The van der Waals surface area contributed by atoms with Crippen molar-refractivity contribution < 1.29 is 14.0 Å². The predicted octanol–water partition coefficient (Wildman–Crippen LogP) is 3.67. The molecule has 3 amide bonds. The number of amides is 3. The van der Waals surface area contributed by atoms with Crippen LogP contribution in [-0.4, -0.2) is 32.9 Å². The molecule has 9 heteroatoms. The third-order valence-corrected chi connectivity index (χ3v) is 4.79. The van der Waals surface area contributed by atoms with Crippen LogP contribution in [0.5, 0.6) is 0 Å². The van der Waals surface area contributed by atoms with E-state index in [1.54, 1.807) is 24.3 Å². The van der Waals surface area contributed by atoms with Gasteiger partial charge in [0.25, 0.3) is 0 Å². The molecule has 144 valence electrons. The van der Waals surface area contributed by atoms with Crippen molar-refractivity contribution in [2.24, 2.45) is 0 Å². The van der Waals surface area contributed by atoms with Crippen molar-refractivity contribution >= 4 is 29.4 Å². The Morgan fingerprint density at radius 1 is 1.14 bits per heavy atom. The van der Waals surface area contributed by atoms with E-state index in [1.807, 2.05) is 26.0 Å². The second-order valence-electron chi connectivity index (χ2n) is 6.04. The summed E-state index contributed by atoms with van der Waals surface area (Å²) in [7, 11) is 0. The molecular weight excluding hydrogens is 381 g/mol. The number of anilines is 1. The minimum absolute atomic E-state index is 0.0606. The highest BCUT2D eigenvalue weighted by atomic mass is 32.2. The number of halogens is 1. The van der Waals surface area contributed by atoms with Crippen LogP contribution in [0, 0.1) is 19.7 Å². The van der Waals surface area contributed by atoms with Gasteiger partial charge in [0, 0.05) is 5.69 Å². The van der Waals surface area contributed by atoms with E-state index in [0.717, 1.165) is 22.9 Å². The molecule has 0 aliphatic carbocycles. The van der Waals surface area contributed by atoms with E-state index in [0.29, 0.717) is 11.3 Å². The van der Waals surface area contributed by atoms with Crippen molar-refractivity contribution in [2.45, 2.75) is 19.0 Å². The average molecular weight is 399 g/mol. The molecule has 0 unspecified atom stereocenters. The van der Waals surface area contributed by atoms with Crippen molar-refractivity contribution in [1.82, 2.24) is 20.5 Å². The summed E-state index contributed by atoms with van der Waals surface area (Å²) < 4.78 is 13.8. The number of aromatic nitrogens is 3. The highest BCUT2D eigenvalue weighted by molar-refractivity contribution is 7.99. The number of nitrogens with one attached hydrogen (secondary N) is 3. The minimum Gasteiger partial charge on any atom is -0.308 e. The Kier molecular flexibility index (Phi) is 6.05. The van der Waals surface area contributed by atoms with Gasteiger partial charge in [0.05, 0.1) is 11.3 Å². The van der Waals surface area contributed by atoms with E-state index in [9.17, 15) is 14.0 Å². The average Bonchev–Trinajstić information content (AvgIpc) is 3.12. The van der Waals surface area contributed by atoms with Gasteiger partial charge >= 0.3 is 6.03 Å². The van der Waals surface area contributed by atoms with Crippen molar-refractivity contribution in [3.8, 4) is 11.4 Å². The number of carbonyl (C=O) groups excluding carboxylic acids is 2. The summed E-state index contributed by atoms with van der Waals surface area (Å²) in [4.78, 5) is 28.0. The summed E-state index contributed by atoms with van der Waals surface area (Å²) in [5.74, 6) is -0.706. The fourth-order valence-electron chi connectivity index (χ4n) is 2.36. The van der Waals surface area contributed by atoms with Gasteiger partial charge in [0.1, 0.15) is 5.82 Å². The zero-order valence-corrected chi connectivity index (χ0v) is 16.1. The fourth-order valence-corrected chi connectivity index (χ4v) is 2.96. The molecule has 1 aromatic heterocycles. The number of H-pyrrole nitrogens is 1. The number of carbonyl (C=O) groups is 2. The van der Waals surface area contributed by atoms with Crippen molar-refractivity contribution in [3.05, 3.63) is 59.4 Å². The van der Waals surface area contributed by atoms with Gasteiger partial charge in [-0.2, -0.15) is 0 Å². The maximum Gasteiger partial charge on any atom is 0.325 e. The SMILES string of the molecule is Cc1ccc(NC(=O)NC(=O)CSc2n[nH]c(-c3ccccc3F)n2)cc1C. The molecule has 1 heterocycles. The van der Waals surface area contributed by atoms with Crippen LogP contribution in [0.3, 0.4) is 0 Å². The Hall–Kier alpha value is -3.20. The molecule has 0 radical (unpaired) electrons. The molecule has 0 atom stereocenters. The number of aryl methyl sites for hydroxylation is 2. The lowest BCUT2D eigenvalue weighted by molar-refractivity contribution is -0.117. The summed E-state index contributed by atoms with van der Waals surface area (Å²) in [5.41, 5.74) is 3.04. The van der Waals surface area contributed by atoms with Gasteiger partial charge in [-0.05, 0) is 49.2 Å². The summed E-state index contributed by atoms with van der Waals surface area (Å²) in [6, 6.07) is 11.0. The minimum atomic E-state index is -0.615. The first-order valence-corrected chi connectivity index (χ1v) is 9.39. The third-order valence-electron chi connectivity index (χ3n) is 3.94. The molecule has 0 saturated heterocycles. The van der Waals surface area contributed by atoms with Gasteiger partial charge in [-0.1, -0.05) is 30.0 Å². The summed E-state index contributed by atoms with van der Waals surface area (Å²) >= 11 is 1.03. The number of hydrogen-bond acceptors (Lipinski definition) is 5. The number of nitrogens with zero attached hydrogens (tertiary/aromatic N) is 2. The van der Waals surface area contributed by atoms with Gasteiger partial charge in [-0.25, -0.2) is 14.2 Å². The Balaban J connectivity index is 1.51. The van der Waals surface area contributed by atoms with Crippen LogP contribution in [0.2, 0.25) is 0 Å². The number of thioether (sulfide) groups is 1. The number of rotatable bonds is 5. The fraction of sp³-hybridized carbons (Fsp3) is 0.158. The molecule has 0 fully saturated rings. The topological polar surface area (TPSA) is 99.8 Å². The Morgan fingerprint density at radius 2 is 1.93 bits per heavy atom. The molecule has 0 bridgehead atoms. The van der Waals surface area contributed by atoms with Crippen LogP contribution in [-0.2, 0) is 4.79 Å². The van der Waals surface area contributed by atoms with E-state index in [4.69, 9.17) is 0 Å². The van der Waals surface area contributed by atoms with Gasteiger partial charge < -0.3 is 5.32 Å². The van der Waals surface area contributed by atoms with Crippen LogP contribution in [0.4, 0.5) is 14.9 Å². The van der Waals surface area contributed by atoms with Crippen molar-refractivity contribution in [1.29, 1.82) is 0 Å². The van der Waals surface area contributed by atoms with Crippen LogP contribution in [0.15, 0.2) is 47.6 Å². The number of imide groups is 1. The molecule has 3 N–H and O–H groups in total. The molecule has 0 spiro atoms. The predicted molar refractivity (Wildman–Crippen MR) is 106 cm³/mol. The van der Waals surface area contributed by atoms with Crippen LogP contribution < -0.4 is 10.6 Å². The lowest BCUT2D eigenvalue weighted by Crippen LogP contribution is -2.35. The summed E-state index contributed by atoms with van der Waals surface area (Å²) in [5, 5.41) is 11.7. The molecule has 2 aromatic carbocycles. The zero-order chi connectivity index (χ0) is 20.1. The van der Waals surface area contributed by atoms with Gasteiger partial charge in [-0.3, -0.25) is 15.2 Å². The van der Waals surface area contributed by atoms with Crippen molar-refractivity contribution in [3.63, 3.8) is 0 Å². The summed E-state index contributed by atoms with van der Waals surface area (Å²) in [6.45, 7) is 3.91. The lowest BCUT2D eigenvalue weighted by Gasteiger charge is -2.08. The monoisotopic (exact) mass is 399 g/mol. The Bertz CT molecular complexity index is 1020. The largest absolute Gasteiger partial charge is 0.325 e. The lowest BCUT2D eigenvalue weighted by atomic mass is 10.1. The highest BCUT2D eigenvalue weighted by Gasteiger charge is 2.13. The first-order chi connectivity index (χ1) is 13.4. The second-order valence-corrected chi connectivity index (χ2v) is 6.98. The number of urea groups is 1. The highest BCUT2D eigenvalue weighted by Crippen LogP contribution is 2.21. The van der Waals surface area contributed by atoms with Crippen LogP contribution in [0.1, 0.15) is 11.1 Å². The van der Waals surface area contributed by atoms with E-state index >= 15 is 0 Å². The zero-order valence-electron chi connectivity index (χ0n) is 15.2. The number of benzene rings is 2. The van der Waals surface area contributed by atoms with Crippen molar-refractivity contribution in [2.75, 3.05) is 11.1 Å². The second kappa shape index (κ2) is 8.66. The van der Waals surface area contributed by atoms with Gasteiger partial charge in [0.2, 0.25) is 11.1 Å². The van der Waals surface area contributed by atoms with Gasteiger partial charge in [-0.15, -0.1) is 5.10 Å². The molecule has 7 nitrogen and oxygen atoms in total. The quantitative estimate of drug-likeness (QED) is 0.569. The molecule has 0 saturated carbocycles. The first kappa shape index (κ1) is 19.6. The van der Waals surface area contributed by atoms with E-state index in [1.165, 1.54) is 6.07 Å². The molecule has 0 aliphatic rings. The Labute approximate surface area is 165 Å². The number of hydrogen-bond donors (Lipinski definition) is 3. The molecule has 0 aliphatic heterocycles. The standard InChI is InChI=1S/C19H18FN5O2S/c1-11-7-8-13(9-12(11)2)21-18(27)22-16(26)10-28-19-23-17(24-25-19)14-5-3-4-6-15(14)20/h3-9H,10H2,1-2H3,(H,23,24,25)(H2,21,22,26,27). The molecule has 28 heavy (non-hydrogen) atoms. The Morgan fingerprint density at radius 3 is 2.68 bits per heavy atom. The van der Waals surface area contributed by atoms with E-state index in [-0.39, 0.29) is 16.7 Å².